The quantitative estimate of drug-likeness (QED) is 0.583. The number of ether oxygens (including phenoxy) is 1. The number of benzene rings is 1. The summed E-state index contributed by atoms with van der Waals surface area (Å²) in [5.41, 5.74) is 5.92. The highest BCUT2D eigenvalue weighted by atomic mass is 16.5. The summed E-state index contributed by atoms with van der Waals surface area (Å²) in [6.07, 6.45) is 2.94. The van der Waals surface area contributed by atoms with Crippen molar-refractivity contribution in [3.05, 3.63) is 40.6 Å². The minimum Gasteiger partial charge on any atom is -0.379 e. The normalized spacial score (nSPS) is 22.0. The molecule has 2 N–H and O–H groups in total. The molecule has 1 aliphatic carbocycles. The first-order valence-electron chi connectivity index (χ1n) is 13.1. The van der Waals surface area contributed by atoms with Gasteiger partial charge in [-0.1, -0.05) is 12.1 Å². The number of nitrogens with zero attached hydrogens (tertiary/aromatic N) is 5. The van der Waals surface area contributed by atoms with Gasteiger partial charge in [-0.05, 0) is 51.5 Å². The third kappa shape index (κ3) is 5.43. The summed E-state index contributed by atoms with van der Waals surface area (Å²) in [6.45, 7) is 4.57. The summed E-state index contributed by atoms with van der Waals surface area (Å²) in [5, 5.41) is 13.6. The van der Waals surface area contributed by atoms with Gasteiger partial charge in [0, 0.05) is 38.5 Å². The molecule has 1 unspecified atom stereocenters. The third-order valence-electron chi connectivity index (χ3n) is 7.44. The number of piperidine rings is 1. The molecule has 5 rings (SSSR count). The van der Waals surface area contributed by atoms with Crippen LogP contribution in [0.25, 0.3) is 0 Å². The van der Waals surface area contributed by atoms with Crippen LogP contribution in [0.4, 0.5) is 10.5 Å². The van der Waals surface area contributed by atoms with Crippen molar-refractivity contribution in [2.75, 3.05) is 65.3 Å². The maximum absolute atomic E-state index is 13.6. The van der Waals surface area contributed by atoms with Crippen molar-refractivity contribution < 1.29 is 19.1 Å². The number of ketones is 1. The molecule has 0 saturated carbocycles. The zero-order chi connectivity index (χ0) is 25.9. The number of urea groups is 1. The Hall–Kier alpha value is -3.15. The van der Waals surface area contributed by atoms with E-state index in [1.807, 2.05) is 31.1 Å². The van der Waals surface area contributed by atoms with Crippen molar-refractivity contribution >= 4 is 23.4 Å². The number of rotatable bonds is 7. The molecule has 0 radical (unpaired) electrons. The second-order valence-corrected chi connectivity index (χ2v) is 10.2. The van der Waals surface area contributed by atoms with Crippen LogP contribution in [0.5, 0.6) is 0 Å². The number of amides is 3. The number of allylic oxidation sites excluding steroid dienone is 1. The number of Topliss-reactive ketones (excluding diaryl/α,β-unsaturated/α-hetero) is 1. The number of likely N-dealkylation sites (tertiary alicyclic amines) is 1. The number of carbonyl (C=O) groups excluding carboxylic acids is 3. The lowest BCUT2D eigenvalue weighted by atomic mass is 9.89. The topological polar surface area (TPSA) is 119 Å². The standard InChI is InChI=1S/C26H35N7O4/c1-31(2)10-4-7-20(34)32-11-8-17(9-12-32)23-22-24(29-28-23)18-5-3-6-19(21(18)25(22)35)27-26(36)30-33-13-15-37-16-14-33/h3,5-6,17,24H,4,7-16H2,1-2H3,(H2,27,30,36). The monoisotopic (exact) mass is 509 g/mol. The molecule has 2 fully saturated rings. The molecule has 3 heterocycles. The van der Waals surface area contributed by atoms with E-state index < -0.39 is 12.1 Å². The zero-order valence-corrected chi connectivity index (χ0v) is 21.5. The highest BCUT2D eigenvalue weighted by Crippen LogP contribution is 2.49. The van der Waals surface area contributed by atoms with Gasteiger partial charge in [0.05, 0.1) is 35.7 Å². The molecule has 0 spiro atoms. The van der Waals surface area contributed by atoms with E-state index in [1.165, 1.54) is 0 Å². The van der Waals surface area contributed by atoms with E-state index in [0.717, 1.165) is 37.1 Å². The van der Waals surface area contributed by atoms with Crippen molar-refractivity contribution in [1.82, 2.24) is 20.2 Å². The van der Waals surface area contributed by atoms with Crippen molar-refractivity contribution in [3.8, 4) is 0 Å². The first kappa shape index (κ1) is 25.5. The Balaban J connectivity index is 1.25. The third-order valence-corrected chi connectivity index (χ3v) is 7.44. The SMILES string of the molecule is CN(C)CCCC(=O)N1CCC(C2=C3C(=O)c4c(NC(=O)NN5CCOCC5)cccc4C3N=N2)CC1. The smallest absolute Gasteiger partial charge is 0.333 e. The van der Waals surface area contributed by atoms with Crippen molar-refractivity contribution in [1.29, 1.82) is 0 Å². The van der Waals surface area contributed by atoms with Crippen LogP contribution in [0.1, 0.15) is 47.6 Å². The predicted molar refractivity (Wildman–Crippen MR) is 137 cm³/mol. The van der Waals surface area contributed by atoms with Gasteiger partial charge in [0.25, 0.3) is 0 Å². The molecule has 198 valence electrons. The molecular formula is C26H35N7O4. The lowest BCUT2D eigenvalue weighted by Crippen LogP contribution is -2.49. The number of hydrogen-bond donors (Lipinski definition) is 2. The zero-order valence-electron chi connectivity index (χ0n) is 21.5. The minimum absolute atomic E-state index is 0.0915. The molecule has 1 atom stereocenters. The van der Waals surface area contributed by atoms with E-state index in [-0.39, 0.29) is 17.6 Å². The van der Waals surface area contributed by atoms with Gasteiger partial charge in [0.15, 0.2) is 5.78 Å². The van der Waals surface area contributed by atoms with Crippen molar-refractivity contribution in [3.63, 3.8) is 0 Å². The molecule has 3 amide bonds. The van der Waals surface area contributed by atoms with E-state index in [1.54, 1.807) is 11.1 Å². The van der Waals surface area contributed by atoms with Gasteiger partial charge in [-0.15, -0.1) is 0 Å². The van der Waals surface area contributed by atoms with Crippen LogP contribution in [-0.2, 0) is 9.53 Å². The molecule has 0 aromatic heterocycles. The number of nitrogens with one attached hydrogen (secondary N) is 2. The van der Waals surface area contributed by atoms with Gasteiger partial charge in [0.2, 0.25) is 5.91 Å². The van der Waals surface area contributed by atoms with E-state index >= 15 is 0 Å². The second kappa shape index (κ2) is 11.1. The molecule has 1 aromatic rings. The Morgan fingerprint density at radius 1 is 1.14 bits per heavy atom. The minimum atomic E-state index is -0.424. The number of carbonyl (C=O) groups is 3. The summed E-state index contributed by atoms with van der Waals surface area (Å²) >= 11 is 0. The van der Waals surface area contributed by atoms with Gasteiger partial charge < -0.3 is 19.9 Å². The van der Waals surface area contributed by atoms with Crippen LogP contribution >= 0.6 is 0 Å². The summed E-state index contributed by atoms with van der Waals surface area (Å²) in [7, 11) is 4.02. The van der Waals surface area contributed by atoms with Crippen LogP contribution in [-0.4, -0.2) is 92.6 Å². The summed E-state index contributed by atoms with van der Waals surface area (Å²) in [5.74, 6) is 0.164. The lowest BCUT2D eigenvalue weighted by molar-refractivity contribution is -0.132. The molecule has 3 aliphatic heterocycles. The van der Waals surface area contributed by atoms with Gasteiger partial charge >= 0.3 is 6.03 Å². The molecule has 11 heteroatoms. The van der Waals surface area contributed by atoms with Crippen molar-refractivity contribution in [2.45, 2.75) is 31.7 Å². The molecule has 0 bridgehead atoms. The molecule has 2 saturated heterocycles. The maximum atomic E-state index is 13.6. The van der Waals surface area contributed by atoms with Crippen LogP contribution in [0.2, 0.25) is 0 Å². The van der Waals surface area contributed by atoms with Crippen LogP contribution in [0.15, 0.2) is 39.7 Å². The molecule has 4 aliphatic rings. The van der Waals surface area contributed by atoms with E-state index in [9.17, 15) is 14.4 Å². The predicted octanol–water partition coefficient (Wildman–Crippen LogP) is 2.59. The summed E-state index contributed by atoms with van der Waals surface area (Å²) in [6, 6.07) is 4.64. The van der Waals surface area contributed by atoms with Gasteiger partial charge in [-0.2, -0.15) is 10.2 Å². The van der Waals surface area contributed by atoms with Gasteiger partial charge in [0.1, 0.15) is 6.04 Å². The van der Waals surface area contributed by atoms with Crippen LogP contribution in [0.3, 0.4) is 0 Å². The summed E-state index contributed by atoms with van der Waals surface area (Å²) < 4.78 is 5.31. The number of morpholine rings is 1. The van der Waals surface area contributed by atoms with Gasteiger partial charge in [-0.25, -0.2) is 9.80 Å². The number of hydrogen-bond acceptors (Lipinski definition) is 8. The molecule has 11 nitrogen and oxygen atoms in total. The fourth-order valence-corrected chi connectivity index (χ4v) is 5.50. The fraction of sp³-hybridized carbons (Fsp3) is 0.577. The Morgan fingerprint density at radius 2 is 1.89 bits per heavy atom. The highest BCUT2D eigenvalue weighted by molar-refractivity contribution is 6.19. The van der Waals surface area contributed by atoms with Crippen molar-refractivity contribution in [2.24, 2.45) is 16.1 Å². The van der Waals surface area contributed by atoms with E-state index in [4.69, 9.17) is 4.74 Å². The average molecular weight is 510 g/mol. The molecule has 37 heavy (non-hydrogen) atoms. The first-order chi connectivity index (χ1) is 17.9. The van der Waals surface area contributed by atoms with Crippen LogP contribution in [0, 0.1) is 5.92 Å². The molecular weight excluding hydrogens is 474 g/mol. The maximum Gasteiger partial charge on any atom is 0.333 e. The Labute approximate surface area is 216 Å². The second-order valence-electron chi connectivity index (χ2n) is 10.2. The number of azo groups is 1. The van der Waals surface area contributed by atoms with E-state index in [2.05, 4.69) is 25.9 Å². The Morgan fingerprint density at radius 3 is 2.62 bits per heavy atom. The fourth-order valence-electron chi connectivity index (χ4n) is 5.50. The number of hydrazine groups is 1. The Kier molecular flexibility index (Phi) is 7.63. The molecule has 1 aromatic carbocycles. The summed E-state index contributed by atoms with van der Waals surface area (Å²) in [4.78, 5) is 42.9. The largest absolute Gasteiger partial charge is 0.379 e. The van der Waals surface area contributed by atoms with E-state index in [0.29, 0.717) is 62.6 Å². The van der Waals surface area contributed by atoms with Gasteiger partial charge in [-0.3, -0.25) is 15.0 Å². The number of anilines is 1. The highest BCUT2D eigenvalue weighted by Gasteiger charge is 2.44. The average Bonchev–Trinajstić information content (AvgIpc) is 3.45. The first-order valence-corrected chi connectivity index (χ1v) is 13.1. The lowest BCUT2D eigenvalue weighted by Gasteiger charge is -2.32. The number of fused-ring (bicyclic) bond motifs is 3. The Bertz CT molecular complexity index is 1120. The van der Waals surface area contributed by atoms with Crippen LogP contribution < -0.4 is 10.7 Å².